The fourth-order valence-corrected chi connectivity index (χ4v) is 3.52. The van der Waals surface area contributed by atoms with E-state index in [0.717, 1.165) is 24.3 Å². The predicted octanol–water partition coefficient (Wildman–Crippen LogP) is 3.69. The number of aromatic nitrogens is 2. The molecule has 3 aromatic rings. The summed E-state index contributed by atoms with van der Waals surface area (Å²) in [5.74, 6) is -0.205. The van der Waals surface area contributed by atoms with Gasteiger partial charge in [-0.1, -0.05) is 23.7 Å². The standard InChI is InChI=1S/C21H20ClFN4O/c22-18-13-24-27(15-18)14-16-1-3-17(4-2-16)21(28)26-11-9-25(10-12-26)20-7-5-19(23)6-8-20/h1-8,13,15H,9-12,14H2. The van der Waals surface area contributed by atoms with Crippen molar-refractivity contribution in [2.24, 2.45) is 0 Å². The number of rotatable bonds is 4. The smallest absolute Gasteiger partial charge is 0.253 e. The van der Waals surface area contributed by atoms with E-state index in [-0.39, 0.29) is 11.7 Å². The van der Waals surface area contributed by atoms with Gasteiger partial charge in [0.2, 0.25) is 0 Å². The number of carbonyl (C=O) groups is 1. The lowest BCUT2D eigenvalue weighted by Gasteiger charge is -2.36. The van der Waals surface area contributed by atoms with Crippen molar-refractivity contribution < 1.29 is 9.18 Å². The maximum Gasteiger partial charge on any atom is 0.253 e. The third-order valence-corrected chi connectivity index (χ3v) is 5.10. The SMILES string of the molecule is O=C(c1ccc(Cn2cc(Cl)cn2)cc1)N1CCN(c2ccc(F)cc2)CC1. The number of amides is 1. The Bertz CT molecular complexity index is 947. The summed E-state index contributed by atoms with van der Waals surface area (Å²) in [7, 11) is 0. The molecule has 0 atom stereocenters. The van der Waals surface area contributed by atoms with Crippen molar-refractivity contribution in [1.29, 1.82) is 0 Å². The minimum Gasteiger partial charge on any atom is -0.368 e. The maximum atomic E-state index is 13.1. The Morgan fingerprint density at radius 1 is 1.00 bits per heavy atom. The van der Waals surface area contributed by atoms with Gasteiger partial charge in [0, 0.05) is 43.6 Å². The zero-order valence-electron chi connectivity index (χ0n) is 15.3. The van der Waals surface area contributed by atoms with Crippen LogP contribution in [0.3, 0.4) is 0 Å². The van der Waals surface area contributed by atoms with Crippen molar-refractivity contribution >= 4 is 23.2 Å². The molecule has 7 heteroatoms. The van der Waals surface area contributed by atoms with E-state index < -0.39 is 0 Å². The molecule has 5 nitrogen and oxygen atoms in total. The molecule has 28 heavy (non-hydrogen) atoms. The fourth-order valence-electron chi connectivity index (χ4n) is 3.37. The fraction of sp³-hybridized carbons (Fsp3) is 0.238. The average molecular weight is 399 g/mol. The van der Waals surface area contributed by atoms with Crippen LogP contribution in [0.2, 0.25) is 5.02 Å². The second-order valence-electron chi connectivity index (χ2n) is 6.81. The molecule has 0 unspecified atom stereocenters. The molecule has 144 valence electrons. The van der Waals surface area contributed by atoms with E-state index in [4.69, 9.17) is 11.6 Å². The van der Waals surface area contributed by atoms with Gasteiger partial charge in [0.15, 0.2) is 0 Å². The van der Waals surface area contributed by atoms with Crippen molar-refractivity contribution in [3.05, 3.63) is 82.9 Å². The van der Waals surface area contributed by atoms with E-state index in [1.54, 1.807) is 29.2 Å². The van der Waals surface area contributed by atoms with Gasteiger partial charge in [-0.15, -0.1) is 0 Å². The number of anilines is 1. The first-order valence-corrected chi connectivity index (χ1v) is 9.53. The molecule has 2 aromatic carbocycles. The lowest BCUT2D eigenvalue weighted by Crippen LogP contribution is -2.48. The van der Waals surface area contributed by atoms with Crippen molar-refractivity contribution in [3.63, 3.8) is 0 Å². The van der Waals surface area contributed by atoms with Gasteiger partial charge in [-0.2, -0.15) is 5.10 Å². The van der Waals surface area contributed by atoms with E-state index in [0.29, 0.717) is 30.2 Å². The van der Waals surface area contributed by atoms with Crippen LogP contribution in [0.5, 0.6) is 0 Å². The van der Waals surface area contributed by atoms with Crippen LogP contribution in [0.25, 0.3) is 0 Å². The van der Waals surface area contributed by atoms with Gasteiger partial charge in [-0.3, -0.25) is 9.48 Å². The molecule has 0 spiro atoms. The zero-order valence-corrected chi connectivity index (χ0v) is 16.0. The number of hydrogen-bond donors (Lipinski definition) is 0. The van der Waals surface area contributed by atoms with Crippen LogP contribution >= 0.6 is 11.6 Å². The number of nitrogens with zero attached hydrogens (tertiary/aromatic N) is 4. The second-order valence-corrected chi connectivity index (χ2v) is 7.25. The monoisotopic (exact) mass is 398 g/mol. The molecule has 1 amide bonds. The van der Waals surface area contributed by atoms with Crippen molar-refractivity contribution in [2.75, 3.05) is 31.1 Å². The molecular weight excluding hydrogens is 379 g/mol. The van der Waals surface area contributed by atoms with Crippen molar-refractivity contribution in [1.82, 2.24) is 14.7 Å². The minimum atomic E-state index is -0.239. The van der Waals surface area contributed by atoms with E-state index in [1.165, 1.54) is 12.1 Å². The number of hydrogen-bond acceptors (Lipinski definition) is 3. The van der Waals surface area contributed by atoms with Gasteiger partial charge < -0.3 is 9.80 Å². The van der Waals surface area contributed by atoms with Gasteiger partial charge in [-0.25, -0.2) is 4.39 Å². The van der Waals surface area contributed by atoms with Crippen molar-refractivity contribution in [2.45, 2.75) is 6.54 Å². The summed E-state index contributed by atoms with van der Waals surface area (Å²) >= 11 is 5.88. The van der Waals surface area contributed by atoms with Crippen LogP contribution < -0.4 is 4.90 Å². The summed E-state index contributed by atoms with van der Waals surface area (Å²) < 4.78 is 14.8. The molecule has 0 radical (unpaired) electrons. The molecule has 0 bridgehead atoms. The van der Waals surface area contributed by atoms with Gasteiger partial charge in [0.1, 0.15) is 5.82 Å². The molecule has 1 aliphatic rings. The molecular formula is C21H20ClFN4O. The quantitative estimate of drug-likeness (QED) is 0.673. The summed E-state index contributed by atoms with van der Waals surface area (Å²) in [6.07, 6.45) is 3.37. The van der Waals surface area contributed by atoms with Crippen LogP contribution in [0.4, 0.5) is 10.1 Å². The Hall–Kier alpha value is -2.86. The van der Waals surface area contributed by atoms with Crippen LogP contribution in [0.1, 0.15) is 15.9 Å². The van der Waals surface area contributed by atoms with E-state index in [9.17, 15) is 9.18 Å². The Morgan fingerprint density at radius 3 is 2.29 bits per heavy atom. The molecule has 1 saturated heterocycles. The minimum absolute atomic E-state index is 0.0347. The topological polar surface area (TPSA) is 41.4 Å². The number of carbonyl (C=O) groups excluding carboxylic acids is 1. The van der Waals surface area contributed by atoms with Crippen LogP contribution in [-0.2, 0) is 6.54 Å². The molecule has 4 rings (SSSR count). The number of benzene rings is 2. The van der Waals surface area contributed by atoms with Gasteiger partial charge in [0.25, 0.3) is 5.91 Å². The lowest BCUT2D eigenvalue weighted by atomic mass is 10.1. The van der Waals surface area contributed by atoms with Crippen LogP contribution in [-0.4, -0.2) is 46.8 Å². The highest BCUT2D eigenvalue weighted by atomic mass is 35.5. The van der Waals surface area contributed by atoms with Crippen molar-refractivity contribution in [3.8, 4) is 0 Å². The first-order chi connectivity index (χ1) is 13.6. The largest absolute Gasteiger partial charge is 0.368 e. The summed E-state index contributed by atoms with van der Waals surface area (Å²) in [5, 5.41) is 4.77. The third kappa shape index (κ3) is 4.17. The Labute approximate surface area is 167 Å². The van der Waals surface area contributed by atoms with E-state index in [1.807, 2.05) is 29.2 Å². The van der Waals surface area contributed by atoms with Crippen LogP contribution in [0, 0.1) is 5.82 Å². The maximum absolute atomic E-state index is 13.1. The third-order valence-electron chi connectivity index (χ3n) is 4.91. The summed E-state index contributed by atoms with van der Waals surface area (Å²) in [6, 6.07) is 14.1. The summed E-state index contributed by atoms with van der Waals surface area (Å²) in [4.78, 5) is 16.8. The summed E-state index contributed by atoms with van der Waals surface area (Å²) in [5.41, 5.74) is 2.71. The highest BCUT2D eigenvalue weighted by Gasteiger charge is 2.22. The molecule has 1 aromatic heterocycles. The van der Waals surface area contributed by atoms with Gasteiger partial charge in [-0.05, 0) is 42.0 Å². The van der Waals surface area contributed by atoms with Crippen LogP contribution in [0.15, 0.2) is 60.9 Å². The molecule has 1 aliphatic heterocycles. The highest BCUT2D eigenvalue weighted by molar-refractivity contribution is 6.30. The van der Waals surface area contributed by atoms with E-state index in [2.05, 4.69) is 10.00 Å². The Morgan fingerprint density at radius 2 is 1.68 bits per heavy atom. The summed E-state index contributed by atoms with van der Waals surface area (Å²) in [6.45, 7) is 3.36. The predicted molar refractivity (Wildman–Crippen MR) is 107 cm³/mol. The first-order valence-electron chi connectivity index (χ1n) is 9.15. The number of halogens is 2. The average Bonchev–Trinajstić information content (AvgIpc) is 3.13. The molecule has 1 fully saturated rings. The highest BCUT2D eigenvalue weighted by Crippen LogP contribution is 2.18. The zero-order chi connectivity index (χ0) is 19.5. The molecule has 0 saturated carbocycles. The molecule has 2 heterocycles. The van der Waals surface area contributed by atoms with E-state index >= 15 is 0 Å². The number of piperazine rings is 1. The van der Waals surface area contributed by atoms with Gasteiger partial charge >= 0.3 is 0 Å². The van der Waals surface area contributed by atoms with Gasteiger partial charge in [0.05, 0.1) is 17.8 Å². The Kier molecular flexibility index (Phi) is 5.30. The molecule has 0 aliphatic carbocycles. The normalized spacial score (nSPS) is 14.4. The second kappa shape index (κ2) is 8.02. The lowest BCUT2D eigenvalue weighted by molar-refractivity contribution is 0.0747. The molecule has 0 N–H and O–H groups in total. The first kappa shape index (κ1) is 18.5. The Balaban J connectivity index is 1.35.